The summed E-state index contributed by atoms with van der Waals surface area (Å²) in [6.07, 6.45) is 2.16. The van der Waals surface area contributed by atoms with Gasteiger partial charge in [-0.1, -0.05) is 11.6 Å². The zero-order valence-electron chi connectivity index (χ0n) is 10.9. The number of carbonyl (C=O) groups is 1. The van der Waals surface area contributed by atoms with E-state index in [1.54, 1.807) is 0 Å². The highest BCUT2D eigenvalue weighted by molar-refractivity contribution is 6.33. The number of hydrogen-bond donors (Lipinski definition) is 2. The number of piperidine rings is 1. The molecule has 2 rings (SSSR count). The number of rotatable bonds is 4. The van der Waals surface area contributed by atoms with E-state index in [1.165, 1.54) is 18.2 Å². The van der Waals surface area contributed by atoms with Gasteiger partial charge in [0.25, 0.3) is 11.6 Å². The van der Waals surface area contributed by atoms with Gasteiger partial charge in [0.1, 0.15) is 0 Å². The maximum absolute atomic E-state index is 12.0. The molecule has 20 heavy (non-hydrogen) atoms. The molecule has 7 heteroatoms. The van der Waals surface area contributed by atoms with E-state index < -0.39 is 4.92 Å². The monoisotopic (exact) mass is 297 g/mol. The van der Waals surface area contributed by atoms with Gasteiger partial charge in [0, 0.05) is 18.7 Å². The molecule has 1 aliphatic rings. The summed E-state index contributed by atoms with van der Waals surface area (Å²) in [7, 11) is 0. The number of hydrogen-bond acceptors (Lipinski definition) is 4. The largest absolute Gasteiger partial charge is 0.352 e. The molecule has 1 fully saturated rings. The molecule has 1 amide bonds. The summed E-state index contributed by atoms with van der Waals surface area (Å²) in [6, 6.07) is 3.86. The van der Waals surface area contributed by atoms with E-state index in [0.29, 0.717) is 12.5 Å². The lowest BCUT2D eigenvalue weighted by atomic mass is 9.99. The first-order valence-corrected chi connectivity index (χ1v) is 6.88. The maximum Gasteiger partial charge on any atom is 0.270 e. The van der Waals surface area contributed by atoms with Gasteiger partial charge in [-0.2, -0.15) is 0 Å². The van der Waals surface area contributed by atoms with Gasteiger partial charge in [0.15, 0.2) is 0 Å². The quantitative estimate of drug-likeness (QED) is 0.657. The van der Waals surface area contributed by atoms with Crippen molar-refractivity contribution in [3.63, 3.8) is 0 Å². The molecule has 0 aromatic heterocycles. The van der Waals surface area contributed by atoms with E-state index in [2.05, 4.69) is 10.6 Å². The van der Waals surface area contributed by atoms with E-state index in [0.717, 1.165) is 25.9 Å². The van der Waals surface area contributed by atoms with E-state index in [4.69, 9.17) is 11.6 Å². The van der Waals surface area contributed by atoms with Crippen molar-refractivity contribution >= 4 is 23.2 Å². The zero-order chi connectivity index (χ0) is 14.5. The number of amides is 1. The second kappa shape index (κ2) is 6.67. The molecular formula is C13H16ClN3O3. The first kappa shape index (κ1) is 14.7. The van der Waals surface area contributed by atoms with E-state index in [1.807, 2.05) is 0 Å². The van der Waals surface area contributed by atoms with Crippen LogP contribution in [0.2, 0.25) is 5.02 Å². The van der Waals surface area contributed by atoms with Crippen LogP contribution in [0.15, 0.2) is 18.2 Å². The number of nitro groups is 1. The molecule has 2 N–H and O–H groups in total. The van der Waals surface area contributed by atoms with Crippen molar-refractivity contribution < 1.29 is 9.72 Å². The molecule has 1 saturated heterocycles. The molecule has 1 unspecified atom stereocenters. The van der Waals surface area contributed by atoms with Gasteiger partial charge in [0.05, 0.1) is 15.5 Å². The van der Waals surface area contributed by atoms with Gasteiger partial charge in [0.2, 0.25) is 0 Å². The Morgan fingerprint density at radius 1 is 1.55 bits per heavy atom. The molecule has 1 aliphatic heterocycles. The van der Waals surface area contributed by atoms with Crippen LogP contribution in [-0.2, 0) is 0 Å². The standard InChI is InChI=1S/C13H16ClN3O3/c14-12-4-3-10(17(19)20)6-11(12)13(18)16-8-9-2-1-5-15-7-9/h3-4,6,9,15H,1-2,5,7-8H2,(H,16,18). The van der Waals surface area contributed by atoms with Crippen molar-refractivity contribution in [1.29, 1.82) is 0 Å². The van der Waals surface area contributed by atoms with Crippen LogP contribution in [0.25, 0.3) is 0 Å². The fraction of sp³-hybridized carbons (Fsp3) is 0.462. The van der Waals surface area contributed by atoms with Crippen molar-refractivity contribution in [3.8, 4) is 0 Å². The number of non-ortho nitro benzene ring substituents is 1. The van der Waals surface area contributed by atoms with E-state index in [-0.39, 0.29) is 22.2 Å². The second-order valence-electron chi connectivity index (χ2n) is 4.84. The minimum absolute atomic E-state index is 0.140. The number of halogens is 1. The summed E-state index contributed by atoms with van der Waals surface area (Å²) >= 11 is 5.92. The molecule has 0 radical (unpaired) electrons. The Labute approximate surface area is 121 Å². The predicted octanol–water partition coefficient (Wildman–Crippen LogP) is 1.98. The average Bonchev–Trinajstić information content (AvgIpc) is 2.46. The van der Waals surface area contributed by atoms with Crippen LogP contribution >= 0.6 is 11.6 Å². The number of benzene rings is 1. The van der Waals surface area contributed by atoms with Gasteiger partial charge in [-0.05, 0) is 37.9 Å². The molecule has 108 valence electrons. The number of nitro benzene ring substituents is 1. The topological polar surface area (TPSA) is 84.3 Å². The highest BCUT2D eigenvalue weighted by Gasteiger charge is 2.18. The molecule has 1 heterocycles. The van der Waals surface area contributed by atoms with Crippen LogP contribution in [0, 0.1) is 16.0 Å². The molecule has 1 atom stereocenters. The molecule has 0 aliphatic carbocycles. The van der Waals surface area contributed by atoms with Gasteiger partial charge >= 0.3 is 0 Å². The Morgan fingerprint density at radius 3 is 3.00 bits per heavy atom. The van der Waals surface area contributed by atoms with Crippen molar-refractivity contribution in [2.24, 2.45) is 5.92 Å². The summed E-state index contributed by atoms with van der Waals surface area (Å²) in [6.45, 7) is 2.44. The minimum atomic E-state index is -0.543. The third-order valence-corrected chi connectivity index (χ3v) is 3.69. The van der Waals surface area contributed by atoms with Gasteiger partial charge in [-0.15, -0.1) is 0 Å². The molecule has 1 aromatic carbocycles. The van der Waals surface area contributed by atoms with Crippen LogP contribution < -0.4 is 10.6 Å². The molecule has 1 aromatic rings. The van der Waals surface area contributed by atoms with E-state index >= 15 is 0 Å². The Hall–Kier alpha value is -1.66. The van der Waals surface area contributed by atoms with Crippen LogP contribution in [0.5, 0.6) is 0 Å². The molecule has 0 spiro atoms. The first-order chi connectivity index (χ1) is 9.58. The van der Waals surface area contributed by atoms with Crippen LogP contribution in [0.4, 0.5) is 5.69 Å². The van der Waals surface area contributed by atoms with Crippen LogP contribution in [0.1, 0.15) is 23.2 Å². The van der Waals surface area contributed by atoms with Crippen molar-refractivity contribution in [2.75, 3.05) is 19.6 Å². The third-order valence-electron chi connectivity index (χ3n) is 3.36. The lowest BCUT2D eigenvalue weighted by Crippen LogP contribution is -2.38. The molecule has 0 saturated carbocycles. The molecule has 6 nitrogen and oxygen atoms in total. The fourth-order valence-corrected chi connectivity index (χ4v) is 2.43. The second-order valence-corrected chi connectivity index (χ2v) is 5.25. The van der Waals surface area contributed by atoms with Crippen molar-refractivity contribution in [1.82, 2.24) is 10.6 Å². The maximum atomic E-state index is 12.0. The summed E-state index contributed by atoms with van der Waals surface area (Å²) in [5.41, 5.74) is 0.00326. The van der Waals surface area contributed by atoms with Crippen molar-refractivity contribution in [3.05, 3.63) is 38.9 Å². The number of carbonyl (C=O) groups excluding carboxylic acids is 1. The lowest BCUT2D eigenvalue weighted by Gasteiger charge is -2.22. The van der Waals surface area contributed by atoms with Crippen LogP contribution in [0.3, 0.4) is 0 Å². The Bertz CT molecular complexity index is 516. The Kier molecular flexibility index (Phi) is 4.92. The Balaban J connectivity index is 2.00. The van der Waals surface area contributed by atoms with Gasteiger partial charge < -0.3 is 10.6 Å². The number of nitrogens with one attached hydrogen (secondary N) is 2. The third kappa shape index (κ3) is 3.68. The van der Waals surface area contributed by atoms with Gasteiger partial charge in [-0.3, -0.25) is 14.9 Å². The minimum Gasteiger partial charge on any atom is -0.352 e. The smallest absolute Gasteiger partial charge is 0.270 e. The summed E-state index contributed by atoms with van der Waals surface area (Å²) in [5, 5.41) is 17.0. The average molecular weight is 298 g/mol. The van der Waals surface area contributed by atoms with Crippen LogP contribution in [-0.4, -0.2) is 30.5 Å². The van der Waals surface area contributed by atoms with Gasteiger partial charge in [-0.25, -0.2) is 0 Å². The normalized spacial score (nSPS) is 18.6. The summed E-state index contributed by atoms with van der Waals surface area (Å²) < 4.78 is 0. The van der Waals surface area contributed by atoms with Crippen molar-refractivity contribution in [2.45, 2.75) is 12.8 Å². The summed E-state index contributed by atoms with van der Waals surface area (Å²) in [4.78, 5) is 22.2. The lowest BCUT2D eigenvalue weighted by molar-refractivity contribution is -0.384. The molecular weight excluding hydrogens is 282 g/mol. The van der Waals surface area contributed by atoms with E-state index in [9.17, 15) is 14.9 Å². The molecule has 0 bridgehead atoms. The number of nitrogens with zero attached hydrogens (tertiary/aromatic N) is 1. The Morgan fingerprint density at radius 2 is 2.35 bits per heavy atom. The summed E-state index contributed by atoms with van der Waals surface area (Å²) in [5.74, 6) is 0.0226. The highest BCUT2D eigenvalue weighted by atomic mass is 35.5. The first-order valence-electron chi connectivity index (χ1n) is 6.51. The predicted molar refractivity (Wildman–Crippen MR) is 76.0 cm³/mol. The highest BCUT2D eigenvalue weighted by Crippen LogP contribution is 2.22. The fourth-order valence-electron chi connectivity index (χ4n) is 2.23. The zero-order valence-corrected chi connectivity index (χ0v) is 11.7. The SMILES string of the molecule is O=C(NCC1CCCNC1)c1cc([N+](=O)[O-])ccc1Cl.